The van der Waals surface area contributed by atoms with Gasteiger partial charge in [-0.2, -0.15) is 0 Å². The number of amides is 1. The van der Waals surface area contributed by atoms with Crippen LogP contribution in [-0.2, 0) is 4.74 Å². The molecule has 7 nitrogen and oxygen atoms in total. The van der Waals surface area contributed by atoms with Gasteiger partial charge in [0.1, 0.15) is 5.56 Å². The Kier molecular flexibility index (Phi) is 5.33. The molecule has 1 amide bonds. The van der Waals surface area contributed by atoms with Gasteiger partial charge in [-0.1, -0.05) is 11.6 Å². The SMILES string of the molecule is O=C(c1ccc(Cl)cc1[N+](=O)[O-])N1CCN(CC2CCCO2)CC1. The number of nitrogens with zero attached hydrogens (tertiary/aromatic N) is 3. The second kappa shape index (κ2) is 7.46. The number of nitro groups is 1. The molecule has 1 aromatic rings. The monoisotopic (exact) mass is 353 g/mol. The van der Waals surface area contributed by atoms with Crippen LogP contribution in [0.3, 0.4) is 0 Å². The largest absolute Gasteiger partial charge is 0.377 e. The molecule has 0 radical (unpaired) electrons. The van der Waals surface area contributed by atoms with E-state index in [1.165, 1.54) is 18.2 Å². The fourth-order valence-corrected chi connectivity index (χ4v) is 3.38. The van der Waals surface area contributed by atoms with Gasteiger partial charge in [-0.15, -0.1) is 0 Å². The lowest BCUT2D eigenvalue weighted by molar-refractivity contribution is -0.385. The molecule has 2 aliphatic rings. The molecular weight excluding hydrogens is 334 g/mol. The van der Waals surface area contributed by atoms with Crippen LogP contribution < -0.4 is 0 Å². The minimum absolute atomic E-state index is 0.0944. The zero-order valence-corrected chi connectivity index (χ0v) is 14.1. The van der Waals surface area contributed by atoms with Gasteiger partial charge in [0.25, 0.3) is 11.6 Å². The second-order valence-electron chi connectivity index (χ2n) is 6.15. The Labute approximate surface area is 145 Å². The molecule has 1 aromatic carbocycles. The van der Waals surface area contributed by atoms with Gasteiger partial charge in [0.15, 0.2) is 0 Å². The first-order chi connectivity index (χ1) is 11.5. The second-order valence-corrected chi connectivity index (χ2v) is 6.58. The average molecular weight is 354 g/mol. The number of benzene rings is 1. The zero-order valence-electron chi connectivity index (χ0n) is 13.3. The highest BCUT2D eigenvalue weighted by Gasteiger charge is 2.29. The third-order valence-electron chi connectivity index (χ3n) is 4.53. The maximum absolute atomic E-state index is 12.6. The molecule has 2 aliphatic heterocycles. The Hall–Kier alpha value is -1.70. The van der Waals surface area contributed by atoms with Crippen LogP contribution in [0.25, 0.3) is 0 Å². The maximum atomic E-state index is 12.6. The Balaban J connectivity index is 1.62. The van der Waals surface area contributed by atoms with Crippen LogP contribution in [0.4, 0.5) is 5.69 Å². The molecule has 2 heterocycles. The highest BCUT2D eigenvalue weighted by molar-refractivity contribution is 6.31. The molecule has 0 bridgehead atoms. The first-order valence-corrected chi connectivity index (χ1v) is 8.49. The fraction of sp³-hybridized carbons (Fsp3) is 0.562. The first-order valence-electron chi connectivity index (χ1n) is 8.12. The lowest BCUT2D eigenvalue weighted by Gasteiger charge is -2.35. The summed E-state index contributed by atoms with van der Waals surface area (Å²) in [5.74, 6) is -0.310. The van der Waals surface area contributed by atoms with Crippen LogP contribution in [0.2, 0.25) is 5.02 Å². The normalized spacial score (nSPS) is 21.9. The summed E-state index contributed by atoms with van der Waals surface area (Å²) in [5, 5.41) is 11.4. The number of ether oxygens (including phenoxy) is 1. The van der Waals surface area contributed by atoms with Crippen molar-refractivity contribution >= 4 is 23.2 Å². The Morgan fingerprint density at radius 1 is 1.33 bits per heavy atom. The van der Waals surface area contributed by atoms with E-state index in [4.69, 9.17) is 16.3 Å². The number of nitro benzene ring substituents is 1. The summed E-state index contributed by atoms with van der Waals surface area (Å²) in [6.45, 7) is 4.36. The van der Waals surface area contributed by atoms with Crippen molar-refractivity contribution in [2.75, 3.05) is 39.3 Å². The van der Waals surface area contributed by atoms with E-state index in [2.05, 4.69) is 4.90 Å². The topological polar surface area (TPSA) is 75.9 Å². The molecule has 2 fully saturated rings. The van der Waals surface area contributed by atoms with Crippen LogP contribution in [-0.4, -0.2) is 66.1 Å². The number of hydrogen-bond donors (Lipinski definition) is 0. The highest BCUT2D eigenvalue weighted by Crippen LogP contribution is 2.25. The van der Waals surface area contributed by atoms with Crippen molar-refractivity contribution in [3.8, 4) is 0 Å². The van der Waals surface area contributed by atoms with Gasteiger partial charge in [0.05, 0.1) is 11.0 Å². The lowest BCUT2D eigenvalue weighted by Crippen LogP contribution is -2.50. The highest BCUT2D eigenvalue weighted by atomic mass is 35.5. The van der Waals surface area contributed by atoms with E-state index in [-0.39, 0.29) is 22.2 Å². The van der Waals surface area contributed by atoms with E-state index in [0.29, 0.717) is 19.2 Å². The zero-order chi connectivity index (χ0) is 17.1. The molecule has 1 atom stereocenters. The summed E-state index contributed by atoms with van der Waals surface area (Å²) in [7, 11) is 0. The van der Waals surface area contributed by atoms with Gasteiger partial charge in [-0.3, -0.25) is 19.8 Å². The van der Waals surface area contributed by atoms with Crippen molar-refractivity contribution in [2.24, 2.45) is 0 Å². The van der Waals surface area contributed by atoms with Crippen molar-refractivity contribution in [3.63, 3.8) is 0 Å². The number of carbonyl (C=O) groups is 1. The third kappa shape index (κ3) is 3.85. The Morgan fingerprint density at radius 2 is 2.08 bits per heavy atom. The van der Waals surface area contributed by atoms with Gasteiger partial charge in [0.2, 0.25) is 0 Å². The van der Waals surface area contributed by atoms with E-state index >= 15 is 0 Å². The molecule has 8 heteroatoms. The standard InChI is InChI=1S/C16H20ClN3O4/c17-12-3-4-14(15(10-12)20(22)23)16(21)19-7-5-18(6-8-19)11-13-2-1-9-24-13/h3-4,10,13H,1-2,5-9,11H2. The fourth-order valence-electron chi connectivity index (χ4n) is 3.22. The number of halogens is 1. The summed E-state index contributed by atoms with van der Waals surface area (Å²) in [5.41, 5.74) is -0.147. The van der Waals surface area contributed by atoms with E-state index in [1.807, 2.05) is 0 Å². The van der Waals surface area contributed by atoms with Gasteiger partial charge in [-0.05, 0) is 25.0 Å². The van der Waals surface area contributed by atoms with E-state index in [1.54, 1.807) is 4.90 Å². The maximum Gasteiger partial charge on any atom is 0.283 e. The molecule has 0 saturated carbocycles. The molecular formula is C16H20ClN3O4. The lowest BCUT2D eigenvalue weighted by atomic mass is 10.1. The van der Waals surface area contributed by atoms with Crippen molar-refractivity contribution in [1.82, 2.24) is 9.80 Å². The smallest absolute Gasteiger partial charge is 0.283 e. The quantitative estimate of drug-likeness (QED) is 0.612. The van der Waals surface area contributed by atoms with Crippen LogP contribution in [0.1, 0.15) is 23.2 Å². The van der Waals surface area contributed by atoms with E-state index in [0.717, 1.165) is 39.1 Å². The van der Waals surface area contributed by atoms with Crippen LogP contribution in [0.15, 0.2) is 18.2 Å². The predicted octanol–water partition coefficient (Wildman–Crippen LogP) is 2.19. The van der Waals surface area contributed by atoms with Crippen molar-refractivity contribution in [3.05, 3.63) is 38.9 Å². The van der Waals surface area contributed by atoms with Crippen LogP contribution in [0.5, 0.6) is 0 Å². The molecule has 0 N–H and O–H groups in total. The Morgan fingerprint density at radius 3 is 2.71 bits per heavy atom. The predicted molar refractivity (Wildman–Crippen MR) is 89.4 cm³/mol. The Bertz CT molecular complexity index is 626. The number of piperazine rings is 1. The molecule has 130 valence electrons. The van der Waals surface area contributed by atoms with Gasteiger partial charge in [-0.25, -0.2) is 0 Å². The number of hydrogen-bond acceptors (Lipinski definition) is 5. The summed E-state index contributed by atoms with van der Waals surface area (Å²) in [4.78, 5) is 27.2. The van der Waals surface area contributed by atoms with Crippen molar-refractivity contribution in [2.45, 2.75) is 18.9 Å². The molecule has 0 aliphatic carbocycles. The minimum atomic E-state index is -0.563. The van der Waals surface area contributed by atoms with Crippen molar-refractivity contribution < 1.29 is 14.5 Å². The van der Waals surface area contributed by atoms with Gasteiger partial charge >= 0.3 is 0 Å². The summed E-state index contributed by atoms with van der Waals surface area (Å²) < 4.78 is 5.64. The van der Waals surface area contributed by atoms with Gasteiger partial charge in [0, 0.05) is 50.4 Å². The summed E-state index contributed by atoms with van der Waals surface area (Å²) in [6.07, 6.45) is 2.50. The number of rotatable bonds is 4. The van der Waals surface area contributed by atoms with E-state index in [9.17, 15) is 14.9 Å². The molecule has 2 saturated heterocycles. The molecule has 0 spiro atoms. The van der Waals surface area contributed by atoms with Crippen LogP contribution in [0, 0.1) is 10.1 Å². The molecule has 24 heavy (non-hydrogen) atoms. The molecule has 0 aromatic heterocycles. The summed E-state index contributed by atoms with van der Waals surface area (Å²) in [6, 6.07) is 4.17. The first kappa shape index (κ1) is 17.1. The van der Waals surface area contributed by atoms with E-state index < -0.39 is 4.92 Å². The minimum Gasteiger partial charge on any atom is -0.377 e. The van der Waals surface area contributed by atoms with Crippen LogP contribution >= 0.6 is 11.6 Å². The molecule has 3 rings (SSSR count). The third-order valence-corrected chi connectivity index (χ3v) is 4.77. The van der Waals surface area contributed by atoms with Crippen molar-refractivity contribution in [1.29, 1.82) is 0 Å². The average Bonchev–Trinajstić information content (AvgIpc) is 3.08. The van der Waals surface area contributed by atoms with Gasteiger partial charge < -0.3 is 9.64 Å². The number of carbonyl (C=O) groups excluding carboxylic acids is 1. The molecule has 1 unspecified atom stereocenters. The summed E-state index contributed by atoms with van der Waals surface area (Å²) >= 11 is 5.80.